The summed E-state index contributed by atoms with van der Waals surface area (Å²) in [5, 5.41) is 4.96. The third kappa shape index (κ3) is 7.51. The Hall–Kier alpha value is -1.49. The van der Waals surface area contributed by atoms with Gasteiger partial charge in [0.2, 0.25) is 5.91 Å². The van der Waals surface area contributed by atoms with Gasteiger partial charge in [0.1, 0.15) is 0 Å². The molecular weight excluding hydrogens is 260 g/mol. The Morgan fingerprint density at radius 3 is 2.63 bits per heavy atom. The largest absolute Gasteiger partial charge is 0.338 e. The first-order valence-corrected chi connectivity index (χ1v) is 7.57. The number of amides is 3. The Bertz CT molecular complexity index is 396. The van der Waals surface area contributed by atoms with E-state index in [1.54, 1.807) is 0 Å². The van der Waals surface area contributed by atoms with Crippen LogP contribution >= 0.6 is 11.8 Å². The summed E-state index contributed by atoms with van der Waals surface area (Å²) in [6.07, 6.45) is 1.94. The summed E-state index contributed by atoms with van der Waals surface area (Å²) in [6, 6.07) is 9.53. The van der Waals surface area contributed by atoms with Crippen molar-refractivity contribution in [3.63, 3.8) is 0 Å². The molecule has 19 heavy (non-hydrogen) atoms. The number of hydrogen-bond acceptors (Lipinski definition) is 3. The van der Waals surface area contributed by atoms with E-state index in [0.29, 0.717) is 6.54 Å². The lowest BCUT2D eigenvalue weighted by atomic mass is 10.2. The minimum atomic E-state index is -0.404. The van der Waals surface area contributed by atoms with Gasteiger partial charge in [0.15, 0.2) is 0 Å². The third-order valence-corrected chi connectivity index (χ3v) is 3.42. The maximum absolute atomic E-state index is 11.5. The molecule has 0 aliphatic heterocycles. The van der Waals surface area contributed by atoms with Crippen molar-refractivity contribution in [2.45, 2.75) is 25.5 Å². The van der Waals surface area contributed by atoms with E-state index in [9.17, 15) is 9.59 Å². The van der Waals surface area contributed by atoms with E-state index in [1.165, 1.54) is 17.3 Å². The first-order chi connectivity index (χ1) is 9.22. The molecule has 0 saturated carbocycles. The number of rotatable bonds is 7. The average Bonchev–Trinajstić information content (AvgIpc) is 2.40. The lowest BCUT2D eigenvalue weighted by molar-refractivity contribution is -0.117. The van der Waals surface area contributed by atoms with Crippen LogP contribution < -0.4 is 10.6 Å². The number of benzene rings is 1. The fourth-order valence-electron chi connectivity index (χ4n) is 1.42. The van der Waals surface area contributed by atoms with Gasteiger partial charge in [-0.15, -0.1) is 11.8 Å². The van der Waals surface area contributed by atoms with Crippen molar-refractivity contribution < 1.29 is 9.59 Å². The molecule has 0 spiro atoms. The van der Waals surface area contributed by atoms with Crippen LogP contribution in [0.4, 0.5) is 4.79 Å². The summed E-state index contributed by atoms with van der Waals surface area (Å²) >= 11 is 1.49. The SMILES string of the molecule is CCCCNC(=O)NC(=O)CSCc1ccccc1. The lowest BCUT2D eigenvalue weighted by Crippen LogP contribution is -2.40. The molecule has 3 amide bonds. The molecule has 0 radical (unpaired) electrons. The van der Waals surface area contributed by atoms with Gasteiger partial charge < -0.3 is 5.32 Å². The highest BCUT2D eigenvalue weighted by molar-refractivity contribution is 7.99. The van der Waals surface area contributed by atoms with Crippen LogP contribution in [0, 0.1) is 0 Å². The van der Waals surface area contributed by atoms with Crippen LogP contribution in [-0.4, -0.2) is 24.2 Å². The summed E-state index contributed by atoms with van der Waals surface area (Å²) in [7, 11) is 0. The van der Waals surface area contributed by atoms with Crippen LogP contribution in [0.15, 0.2) is 30.3 Å². The highest BCUT2D eigenvalue weighted by Crippen LogP contribution is 2.10. The molecule has 0 saturated heterocycles. The smallest absolute Gasteiger partial charge is 0.321 e. The van der Waals surface area contributed by atoms with E-state index in [1.807, 2.05) is 37.3 Å². The van der Waals surface area contributed by atoms with Gasteiger partial charge >= 0.3 is 6.03 Å². The van der Waals surface area contributed by atoms with Gasteiger partial charge in [-0.3, -0.25) is 10.1 Å². The van der Waals surface area contributed by atoms with Gasteiger partial charge in [0.05, 0.1) is 5.75 Å². The van der Waals surface area contributed by atoms with E-state index in [0.717, 1.165) is 18.6 Å². The fourth-order valence-corrected chi connectivity index (χ4v) is 2.21. The number of urea groups is 1. The van der Waals surface area contributed by atoms with Crippen molar-refractivity contribution >= 4 is 23.7 Å². The Morgan fingerprint density at radius 1 is 1.21 bits per heavy atom. The Labute approximate surface area is 118 Å². The summed E-state index contributed by atoms with van der Waals surface area (Å²) in [4.78, 5) is 22.8. The molecule has 0 bridgehead atoms. The van der Waals surface area contributed by atoms with Gasteiger partial charge in [0, 0.05) is 12.3 Å². The molecule has 4 nitrogen and oxygen atoms in total. The summed E-state index contributed by atoms with van der Waals surface area (Å²) in [5.74, 6) is 0.803. The van der Waals surface area contributed by atoms with Crippen molar-refractivity contribution in [3.05, 3.63) is 35.9 Å². The molecule has 0 heterocycles. The van der Waals surface area contributed by atoms with Crippen molar-refractivity contribution in [1.82, 2.24) is 10.6 Å². The second kappa shape index (κ2) is 9.44. The predicted molar refractivity (Wildman–Crippen MR) is 79.1 cm³/mol. The Kier molecular flexibility index (Phi) is 7.74. The Balaban J connectivity index is 2.12. The zero-order valence-corrected chi connectivity index (χ0v) is 12.0. The maximum atomic E-state index is 11.5. The van der Waals surface area contributed by atoms with Crippen LogP contribution in [0.2, 0.25) is 0 Å². The summed E-state index contributed by atoms with van der Waals surface area (Å²) in [6.45, 7) is 2.65. The standard InChI is InChI=1S/C14H20N2O2S/c1-2-3-9-15-14(18)16-13(17)11-19-10-12-7-5-4-6-8-12/h4-8H,2-3,9-11H2,1H3,(H2,15,16,17,18). The number of carbonyl (C=O) groups excluding carboxylic acids is 2. The van der Waals surface area contributed by atoms with E-state index in [4.69, 9.17) is 0 Å². The summed E-state index contributed by atoms with van der Waals surface area (Å²) < 4.78 is 0. The number of unbranched alkanes of at least 4 members (excludes halogenated alkanes) is 1. The molecule has 104 valence electrons. The van der Waals surface area contributed by atoms with Crippen LogP contribution in [0.5, 0.6) is 0 Å². The number of imide groups is 1. The van der Waals surface area contributed by atoms with Gasteiger partial charge in [-0.1, -0.05) is 43.7 Å². The third-order valence-electron chi connectivity index (χ3n) is 2.41. The average molecular weight is 280 g/mol. The van der Waals surface area contributed by atoms with Crippen LogP contribution in [0.3, 0.4) is 0 Å². The second-order valence-corrected chi connectivity index (χ2v) is 5.12. The van der Waals surface area contributed by atoms with Crippen molar-refractivity contribution in [2.75, 3.05) is 12.3 Å². The predicted octanol–water partition coefficient (Wildman–Crippen LogP) is 2.55. The van der Waals surface area contributed by atoms with E-state index < -0.39 is 6.03 Å². The number of carbonyl (C=O) groups is 2. The van der Waals surface area contributed by atoms with Crippen molar-refractivity contribution in [3.8, 4) is 0 Å². The second-order valence-electron chi connectivity index (χ2n) is 4.14. The molecule has 2 N–H and O–H groups in total. The molecular formula is C14H20N2O2S. The normalized spacial score (nSPS) is 9.95. The van der Waals surface area contributed by atoms with Gasteiger partial charge in [-0.25, -0.2) is 4.79 Å². The number of nitrogens with one attached hydrogen (secondary N) is 2. The van der Waals surface area contributed by atoms with Gasteiger partial charge in [0.25, 0.3) is 0 Å². The number of hydrogen-bond donors (Lipinski definition) is 2. The summed E-state index contributed by atoms with van der Waals surface area (Å²) in [5.41, 5.74) is 1.17. The maximum Gasteiger partial charge on any atom is 0.321 e. The minimum absolute atomic E-state index is 0.255. The topological polar surface area (TPSA) is 58.2 Å². The highest BCUT2D eigenvalue weighted by atomic mass is 32.2. The molecule has 1 aromatic carbocycles. The van der Waals surface area contributed by atoms with Crippen LogP contribution in [-0.2, 0) is 10.5 Å². The minimum Gasteiger partial charge on any atom is -0.338 e. The molecule has 5 heteroatoms. The number of thioether (sulfide) groups is 1. The van der Waals surface area contributed by atoms with Gasteiger partial charge in [-0.05, 0) is 12.0 Å². The molecule has 1 aromatic rings. The molecule has 0 unspecified atom stereocenters. The monoisotopic (exact) mass is 280 g/mol. The molecule has 0 atom stereocenters. The first kappa shape index (κ1) is 15.6. The van der Waals surface area contributed by atoms with Gasteiger partial charge in [-0.2, -0.15) is 0 Å². The van der Waals surface area contributed by atoms with Crippen LogP contribution in [0.25, 0.3) is 0 Å². The molecule has 1 rings (SSSR count). The zero-order chi connectivity index (χ0) is 13.9. The molecule has 0 aromatic heterocycles. The fraction of sp³-hybridized carbons (Fsp3) is 0.429. The molecule has 0 aliphatic rings. The van der Waals surface area contributed by atoms with E-state index in [-0.39, 0.29) is 11.7 Å². The first-order valence-electron chi connectivity index (χ1n) is 6.41. The van der Waals surface area contributed by atoms with Crippen molar-refractivity contribution in [2.24, 2.45) is 0 Å². The van der Waals surface area contributed by atoms with E-state index >= 15 is 0 Å². The lowest BCUT2D eigenvalue weighted by Gasteiger charge is -2.06. The highest BCUT2D eigenvalue weighted by Gasteiger charge is 2.06. The Morgan fingerprint density at radius 2 is 1.95 bits per heavy atom. The van der Waals surface area contributed by atoms with Crippen LogP contribution in [0.1, 0.15) is 25.3 Å². The quantitative estimate of drug-likeness (QED) is 0.755. The molecule has 0 fully saturated rings. The molecule has 0 aliphatic carbocycles. The zero-order valence-electron chi connectivity index (χ0n) is 11.1. The van der Waals surface area contributed by atoms with Crippen molar-refractivity contribution in [1.29, 1.82) is 0 Å². The van der Waals surface area contributed by atoms with E-state index in [2.05, 4.69) is 10.6 Å².